The van der Waals surface area contributed by atoms with Gasteiger partial charge in [-0.3, -0.25) is 9.78 Å². The van der Waals surface area contributed by atoms with Gasteiger partial charge in [0.25, 0.3) is 5.91 Å². The molecule has 0 saturated carbocycles. The summed E-state index contributed by atoms with van der Waals surface area (Å²) < 4.78 is 1.88. The molecule has 0 radical (unpaired) electrons. The van der Waals surface area contributed by atoms with E-state index in [0.717, 1.165) is 5.56 Å². The normalized spacial score (nSPS) is 10.4. The summed E-state index contributed by atoms with van der Waals surface area (Å²) in [5, 5.41) is 3.45. The molecule has 0 atom stereocenters. The Labute approximate surface area is 132 Å². The van der Waals surface area contributed by atoms with Crippen LogP contribution < -0.4 is 5.32 Å². The molecule has 5 nitrogen and oxygen atoms in total. The highest BCUT2D eigenvalue weighted by Crippen LogP contribution is 2.13. The van der Waals surface area contributed by atoms with Gasteiger partial charge in [0.15, 0.2) is 5.82 Å². The first kappa shape index (κ1) is 14.3. The third kappa shape index (κ3) is 3.51. The maximum Gasteiger partial charge on any atom is 0.256 e. The van der Waals surface area contributed by atoms with Crippen molar-refractivity contribution >= 4 is 23.3 Å². The highest BCUT2D eigenvalue weighted by atomic mass is 35.5. The highest BCUT2D eigenvalue weighted by molar-refractivity contribution is 6.30. The summed E-state index contributed by atoms with van der Waals surface area (Å²) in [6.45, 7) is 0.638. The van der Waals surface area contributed by atoms with Crippen LogP contribution in [-0.2, 0) is 6.54 Å². The minimum absolute atomic E-state index is 0.213. The Kier molecular flexibility index (Phi) is 4.16. The van der Waals surface area contributed by atoms with Gasteiger partial charge < -0.3 is 9.88 Å². The minimum atomic E-state index is -0.213. The van der Waals surface area contributed by atoms with Crippen LogP contribution in [0.3, 0.4) is 0 Å². The number of amides is 1. The fraction of sp³-hybridized carbons (Fsp3) is 0.0625. The molecule has 110 valence electrons. The van der Waals surface area contributed by atoms with Crippen molar-refractivity contribution in [1.29, 1.82) is 0 Å². The predicted octanol–water partition coefficient (Wildman–Crippen LogP) is 3.23. The number of halogens is 1. The lowest BCUT2D eigenvalue weighted by Gasteiger charge is -2.03. The first-order chi connectivity index (χ1) is 10.7. The molecule has 2 aromatic heterocycles. The van der Waals surface area contributed by atoms with Gasteiger partial charge in [0.2, 0.25) is 0 Å². The van der Waals surface area contributed by atoms with E-state index in [1.807, 2.05) is 28.8 Å². The number of anilines is 1. The number of imidazole rings is 1. The van der Waals surface area contributed by atoms with Gasteiger partial charge in [-0.2, -0.15) is 0 Å². The number of nitrogens with one attached hydrogen (secondary N) is 1. The van der Waals surface area contributed by atoms with Gasteiger partial charge >= 0.3 is 0 Å². The molecule has 0 aliphatic heterocycles. The fourth-order valence-electron chi connectivity index (χ4n) is 2.05. The van der Waals surface area contributed by atoms with E-state index in [1.165, 1.54) is 0 Å². The standard InChI is InChI=1S/C16H13ClN4O/c17-14-3-1-2-12(8-14)9-21-10-15(19-11-21)20-16(22)13-4-6-18-7-5-13/h1-8,10-11H,9H2,(H,20,22). The third-order valence-corrected chi connectivity index (χ3v) is 3.31. The van der Waals surface area contributed by atoms with Crippen LogP contribution in [0.4, 0.5) is 5.82 Å². The summed E-state index contributed by atoms with van der Waals surface area (Å²) in [5.41, 5.74) is 1.61. The average Bonchev–Trinajstić information content (AvgIpc) is 2.95. The topological polar surface area (TPSA) is 59.8 Å². The Morgan fingerprint density at radius 2 is 2.05 bits per heavy atom. The van der Waals surface area contributed by atoms with Crippen LogP contribution in [0.5, 0.6) is 0 Å². The number of benzene rings is 1. The highest BCUT2D eigenvalue weighted by Gasteiger charge is 2.07. The molecule has 1 amide bonds. The summed E-state index contributed by atoms with van der Waals surface area (Å²) in [7, 11) is 0. The van der Waals surface area contributed by atoms with Crippen LogP contribution in [-0.4, -0.2) is 20.4 Å². The van der Waals surface area contributed by atoms with E-state index in [1.54, 1.807) is 37.1 Å². The second-order valence-electron chi connectivity index (χ2n) is 4.75. The first-order valence-corrected chi connectivity index (χ1v) is 7.06. The number of carbonyl (C=O) groups excluding carboxylic acids is 1. The second kappa shape index (κ2) is 6.41. The van der Waals surface area contributed by atoms with Crippen molar-refractivity contribution in [1.82, 2.24) is 14.5 Å². The maximum atomic E-state index is 12.0. The predicted molar refractivity (Wildman–Crippen MR) is 85.0 cm³/mol. The van der Waals surface area contributed by atoms with E-state index < -0.39 is 0 Å². The molecule has 2 heterocycles. The van der Waals surface area contributed by atoms with Crippen LogP contribution in [0.25, 0.3) is 0 Å². The van der Waals surface area contributed by atoms with Crippen molar-refractivity contribution in [2.24, 2.45) is 0 Å². The van der Waals surface area contributed by atoms with E-state index in [4.69, 9.17) is 11.6 Å². The Balaban J connectivity index is 1.68. The van der Waals surface area contributed by atoms with Crippen LogP contribution in [0.15, 0.2) is 61.3 Å². The van der Waals surface area contributed by atoms with Crippen molar-refractivity contribution in [3.05, 3.63) is 77.5 Å². The molecule has 0 unspecified atom stereocenters. The molecule has 3 aromatic rings. The van der Waals surface area contributed by atoms with Gasteiger partial charge in [0.1, 0.15) is 0 Å². The number of rotatable bonds is 4. The largest absolute Gasteiger partial charge is 0.331 e. The average molecular weight is 313 g/mol. The zero-order chi connectivity index (χ0) is 15.4. The maximum absolute atomic E-state index is 12.0. The van der Waals surface area contributed by atoms with Gasteiger partial charge in [-0.1, -0.05) is 23.7 Å². The second-order valence-corrected chi connectivity index (χ2v) is 5.19. The molecular formula is C16H13ClN4O. The number of hydrogen-bond acceptors (Lipinski definition) is 3. The number of carbonyl (C=O) groups is 1. The van der Waals surface area contributed by atoms with Crippen molar-refractivity contribution in [3.63, 3.8) is 0 Å². The van der Waals surface area contributed by atoms with Gasteiger partial charge in [0, 0.05) is 35.7 Å². The monoisotopic (exact) mass is 312 g/mol. The lowest BCUT2D eigenvalue weighted by Crippen LogP contribution is -2.12. The van der Waals surface area contributed by atoms with E-state index in [0.29, 0.717) is 22.9 Å². The number of aromatic nitrogens is 3. The molecule has 1 N–H and O–H groups in total. The molecule has 0 fully saturated rings. The molecule has 0 aliphatic carbocycles. The van der Waals surface area contributed by atoms with Gasteiger partial charge in [0.05, 0.1) is 6.33 Å². The van der Waals surface area contributed by atoms with E-state index in [2.05, 4.69) is 15.3 Å². The minimum Gasteiger partial charge on any atom is -0.331 e. The van der Waals surface area contributed by atoms with E-state index >= 15 is 0 Å². The molecule has 3 rings (SSSR count). The summed E-state index contributed by atoms with van der Waals surface area (Å²) in [4.78, 5) is 20.1. The molecule has 22 heavy (non-hydrogen) atoms. The Bertz CT molecular complexity index is 786. The molecular weight excluding hydrogens is 300 g/mol. The molecule has 1 aromatic carbocycles. The number of hydrogen-bond donors (Lipinski definition) is 1. The summed E-state index contributed by atoms with van der Waals surface area (Å²) >= 11 is 5.97. The Hall–Kier alpha value is -2.66. The first-order valence-electron chi connectivity index (χ1n) is 6.68. The lowest BCUT2D eigenvalue weighted by molar-refractivity contribution is 0.102. The van der Waals surface area contributed by atoms with Crippen LogP contribution in [0.2, 0.25) is 5.02 Å². The van der Waals surface area contributed by atoms with Crippen LogP contribution >= 0.6 is 11.6 Å². The Morgan fingerprint density at radius 3 is 2.82 bits per heavy atom. The number of pyridine rings is 1. The van der Waals surface area contributed by atoms with Gasteiger partial charge in [-0.05, 0) is 29.8 Å². The van der Waals surface area contributed by atoms with E-state index in [-0.39, 0.29) is 5.91 Å². The zero-order valence-corrected chi connectivity index (χ0v) is 12.4. The molecule has 0 spiro atoms. The quantitative estimate of drug-likeness (QED) is 0.804. The third-order valence-electron chi connectivity index (χ3n) is 3.07. The van der Waals surface area contributed by atoms with E-state index in [9.17, 15) is 4.79 Å². The lowest BCUT2D eigenvalue weighted by atomic mass is 10.2. The van der Waals surface area contributed by atoms with Gasteiger partial charge in [-0.25, -0.2) is 4.98 Å². The molecule has 0 saturated heterocycles. The summed E-state index contributed by atoms with van der Waals surface area (Å²) in [5.74, 6) is 0.291. The summed E-state index contributed by atoms with van der Waals surface area (Å²) in [6, 6.07) is 10.9. The van der Waals surface area contributed by atoms with Gasteiger partial charge in [-0.15, -0.1) is 0 Å². The fourth-order valence-corrected chi connectivity index (χ4v) is 2.26. The van der Waals surface area contributed by atoms with Crippen molar-refractivity contribution < 1.29 is 4.79 Å². The Morgan fingerprint density at radius 1 is 1.23 bits per heavy atom. The van der Waals surface area contributed by atoms with Crippen LogP contribution in [0.1, 0.15) is 15.9 Å². The summed E-state index contributed by atoms with van der Waals surface area (Å²) in [6.07, 6.45) is 6.60. The molecule has 6 heteroatoms. The molecule has 0 aliphatic rings. The van der Waals surface area contributed by atoms with Crippen LogP contribution in [0, 0.1) is 0 Å². The van der Waals surface area contributed by atoms with Crippen molar-refractivity contribution in [3.8, 4) is 0 Å². The molecule has 0 bridgehead atoms. The zero-order valence-electron chi connectivity index (χ0n) is 11.6. The van der Waals surface area contributed by atoms with Crippen molar-refractivity contribution in [2.75, 3.05) is 5.32 Å². The smallest absolute Gasteiger partial charge is 0.256 e. The van der Waals surface area contributed by atoms with Crippen molar-refractivity contribution in [2.45, 2.75) is 6.54 Å². The SMILES string of the molecule is O=C(Nc1cn(Cc2cccc(Cl)c2)cn1)c1ccncc1. The number of nitrogens with zero attached hydrogens (tertiary/aromatic N) is 3.